The van der Waals surface area contributed by atoms with Crippen molar-refractivity contribution in [3.05, 3.63) is 17.8 Å². The van der Waals surface area contributed by atoms with Crippen molar-refractivity contribution in [3.8, 4) is 5.88 Å². The summed E-state index contributed by atoms with van der Waals surface area (Å²) in [6, 6.07) is 2.02. The van der Waals surface area contributed by atoms with E-state index < -0.39 is 23.9 Å². The van der Waals surface area contributed by atoms with E-state index in [-0.39, 0.29) is 12.0 Å². The fourth-order valence-electron chi connectivity index (χ4n) is 3.21. The minimum atomic E-state index is -0.502. The lowest BCUT2D eigenvalue weighted by Gasteiger charge is -2.40. The Morgan fingerprint density at radius 2 is 1.79 bits per heavy atom. The quantitative estimate of drug-likeness (QED) is 0.740. The molecule has 2 saturated heterocycles. The van der Waals surface area contributed by atoms with Crippen LogP contribution in [0.1, 0.15) is 59.9 Å². The molecule has 2 fully saturated rings. The van der Waals surface area contributed by atoms with Crippen LogP contribution in [0.15, 0.2) is 12.3 Å². The standard InChI is InChI=1S/C20H31BN2O5/c1-18(2,3)26-17(24)23-11-13(12-23)15-9-14(10-22-16(15)25-8)21-27-19(4,5)20(6,7)28-21/h9-10,13H,11-12H2,1-8H3. The van der Waals surface area contributed by atoms with Crippen LogP contribution >= 0.6 is 0 Å². The number of likely N-dealkylation sites (tertiary alicyclic amines) is 1. The highest BCUT2D eigenvalue weighted by Gasteiger charge is 2.52. The zero-order chi connectivity index (χ0) is 20.9. The molecule has 1 aromatic rings. The first-order chi connectivity index (χ1) is 12.8. The number of carbonyl (C=O) groups is 1. The third-order valence-corrected chi connectivity index (χ3v) is 5.59. The zero-order valence-corrected chi connectivity index (χ0v) is 18.2. The number of pyridine rings is 1. The van der Waals surface area contributed by atoms with E-state index in [1.165, 1.54) is 0 Å². The van der Waals surface area contributed by atoms with Crippen LogP contribution in [0.3, 0.4) is 0 Å². The van der Waals surface area contributed by atoms with Crippen LogP contribution in [0, 0.1) is 0 Å². The van der Waals surface area contributed by atoms with Crippen molar-refractivity contribution in [1.82, 2.24) is 9.88 Å². The molecule has 2 aliphatic rings. The molecular formula is C20H31BN2O5. The maximum Gasteiger partial charge on any atom is 0.496 e. The van der Waals surface area contributed by atoms with E-state index in [9.17, 15) is 4.79 Å². The summed E-state index contributed by atoms with van der Waals surface area (Å²) in [7, 11) is 1.12. The molecule has 0 aliphatic carbocycles. The second-order valence-corrected chi connectivity index (χ2v) is 9.54. The highest BCUT2D eigenvalue weighted by molar-refractivity contribution is 6.62. The maximum absolute atomic E-state index is 12.2. The van der Waals surface area contributed by atoms with E-state index in [0.29, 0.717) is 19.0 Å². The zero-order valence-electron chi connectivity index (χ0n) is 18.2. The Bertz CT molecular complexity index is 737. The smallest absolute Gasteiger partial charge is 0.481 e. The molecule has 3 rings (SSSR count). The summed E-state index contributed by atoms with van der Waals surface area (Å²) in [4.78, 5) is 18.4. The van der Waals surface area contributed by atoms with Gasteiger partial charge in [0.1, 0.15) is 5.60 Å². The number of aromatic nitrogens is 1. The number of hydrogen-bond acceptors (Lipinski definition) is 6. The summed E-state index contributed by atoms with van der Waals surface area (Å²) in [6.45, 7) is 14.8. The van der Waals surface area contributed by atoms with Crippen LogP contribution in [0.2, 0.25) is 0 Å². The van der Waals surface area contributed by atoms with Crippen molar-refractivity contribution in [3.63, 3.8) is 0 Å². The van der Waals surface area contributed by atoms with Crippen LogP contribution in [-0.2, 0) is 14.0 Å². The van der Waals surface area contributed by atoms with Gasteiger partial charge < -0.3 is 23.7 Å². The molecular weight excluding hydrogens is 359 g/mol. The molecule has 0 unspecified atom stereocenters. The van der Waals surface area contributed by atoms with Gasteiger partial charge in [-0.05, 0) is 48.5 Å². The van der Waals surface area contributed by atoms with E-state index in [0.717, 1.165) is 11.0 Å². The van der Waals surface area contributed by atoms with Gasteiger partial charge in [-0.2, -0.15) is 0 Å². The number of ether oxygens (including phenoxy) is 2. The van der Waals surface area contributed by atoms with Gasteiger partial charge in [-0.25, -0.2) is 9.78 Å². The molecule has 0 bridgehead atoms. The number of amides is 1. The van der Waals surface area contributed by atoms with Gasteiger partial charge in [-0.3, -0.25) is 0 Å². The fraction of sp³-hybridized carbons (Fsp3) is 0.700. The lowest BCUT2D eigenvalue weighted by molar-refractivity contribution is 0.00578. The number of hydrogen-bond donors (Lipinski definition) is 0. The van der Waals surface area contributed by atoms with E-state index in [4.69, 9.17) is 18.8 Å². The van der Waals surface area contributed by atoms with Gasteiger partial charge in [0.05, 0.1) is 18.3 Å². The average Bonchev–Trinajstić information content (AvgIpc) is 2.72. The van der Waals surface area contributed by atoms with E-state index >= 15 is 0 Å². The lowest BCUT2D eigenvalue weighted by Crippen LogP contribution is -2.50. The Morgan fingerprint density at radius 1 is 1.21 bits per heavy atom. The monoisotopic (exact) mass is 390 g/mol. The second-order valence-electron chi connectivity index (χ2n) is 9.54. The van der Waals surface area contributed by atoms with Crippen LogP contribution < -0.4 is 10.2 Å². The topological polar surface area (TPSA) is 70.1 Å². The largest absolute Gasteiger partial charge is 0.496 e. The molecule has 154 valence electrons. The Labute approximate surface area is 167 Å². The number of nitrogens with zero attached hydrogens (tertiary/aromatic N) is 2. The van der Waals surface area contributed by atoms with Gasteiger partial charge in [0.15, 0.2) is 0 Å². The molecule has 3 heterocycles. The highest BCUT2D eigenvalue weighted by Crippen LogP contribution is 2.37. The second kappa shape index (κ2) is 6.92. The third-order valence-electron chi connectivity index (χ3n) is 5.59. The van der Waals surface area contributed by atoms with Crippen molar-refractivity contribution < 1.29 is 23.6 Å². The number of carbonyl (C=O) groups excluding carboxylic acids is 1. The summed E-state index contributed by atoms with van der Waals surface area (Å²) in [5.74, 6) is 0.700. The summed E-state index contributed by atoms with van der Waals surface area (Å²) < 4.78 is 23.2. The maximum atomic E-state index is 12.2. The minimum absolute atomic E-state index is 0.136. The van der Waals surface area contributed by atoms with E-state index in [1.807, 2.05) is 54.5 Å². The van der Waals surface area contributed by atoms with Gasteiger partial charge >= 0.3 is 13.2 Å². The first-order valence-corrected chi connectivity index (χ1v) is 9.70. The first-order valence-electron chi connectivity index (χ1n) is 9.70. The lowest BCUT2D eigenvalue weighted by atomic mass is 9.78. The molecule has 0 radical (unpaired) electrons. The molecule has 1 amide bonds. The molecule has 8 heteroatoms. The molecule has 2 aliphatic heterocycles. The molecule has 0 N–H and O–H groups in total. The molecule has 28 heavy (non-hydrogen) atoms. The summed E-state index contributed by atoms with van der Waals surface area (Å²) in [5.41, 5.74) is 0.473. The number of rotatable bonds is 3. The van der Waals surface area contributed by atoms with Crippen LogP contribution in [0.5, 0.6) is 5.88 Å². The Kier molecular flexibility index (Phi) is 5.17. The minimum Gasteiger partial charge on any atom is -0.481 e. The molecule has 0 saturated carbocycles. The first kappa shape index (κ1) is 20.9. The molecule has 7 nitrogen and oxygen atoms in total. The third kappa shape index (κ3) is 3.98. The Balaban J connectivity index is 1.75. The summed E-state index contributed by atoms with van der Waals surface area (Å²) >= 11 is 0. The van der Waals surface area contributed by atoms with Gasteiger partial charge in [0.2, 0.25) is 5.88 Å². The SMILES string of the molecule is COc1ncc(B2OC(C)(C)C(C)(C)O2)cc1C1CN(C(=O)OC(C)(C)C)C1. The Morgan fingerprint density at radius 3 is 2.29 bits per heavy atom. The fourth-order valence-corrected chi connectivity index (χ4v) is 3.21. The van der Waals surface area contributed by atoms with Gasteiger partial charge in [-0.1, -0.05) is 6.07 Å². The van der Waals surface area contributed by atoms with Crippen molar-refractivity contribution in [2.75, 3.05) is 20.2 Å². The Hall–Kier alpha value is -1.80. The predicted octanol–water partition coefficient (Wildman–Crippen LogP) is 2.72. The normalized spacial score (nSPS) is 21.4. The molecule has 0 aromatic carbocycles. The van der Waals surface area contributed by atoms with Gasteiger partial charge in [0.25, 0.3) is 0 Å². The van der Waals surface area contributed by atoms with Crippen LogP contribution in [-0.4, -0.2) is 60.1 Å². The number of methoxy groups -OCH3 is 1. The molecule has 0 spiro atoms. The van der Waals surface area contributed by atoms with Gasteiger partial charge in [0, 0.05) is 36.2 Å². The van der Waals surface area contributed by atoms with Crippen molar-refractivity contribution in [1.29, 1.82) is 0 Å². The summed E-state index contributed by atoms with van der Waals surface area (Å²) in [5, 5.41) is 0. The highest BCUT2D eigenvalue weighted by atomic mass is 16.7. The van der Waals surface area contributed by atoms with Crippen molar-refractivity contribution in [2.45, 2.75) is 71.2 Å². The molecule has 1 aromatic heterocycles. The summed E-state index contributed by atoms with van der Waals surface area (Å²) in [6.07, 6.45) is 1.44. The van der Waals surface area contributed by atoms with E-state index in [1.54, 1.807) is 18.2 Å². The van der Waals surface area contributed by atoms with Crippen molar-refractivity contribution >= 4 is 18.7 Å². The van der Waals surface area contributed by atoms with Crippen molar-refractivity contribution in [2.24, 2.45) is 0 Å². The molecule has 0 atom stereocenters. The van der Waals surface area contributed by atoms with Crippen LogP contribution in [0.25, 0.3) is 0 Å². The van der Waals surface area contributed by atoms with Gasteiger partial charge in [-0.15, -0.1) is 0 Å². The predicted molar refractivity (Wildman–Crippen MR) is 107 cm³/mol. The van der Waals surface area contributed by atoms with Crippen LogP contribution in [0.4, 0.5) is 4.79 Å². The average molecular weight is 390 g/mol. The van der Waals surface area contributed by atoms with E-state index in [2.05, 4.69) is 4.98 Å².